The van der Waals surface area contributed by atoms with Gasteiger partial charge in [0.25, 0.3) is 10.0 Å². The van der Waals surface area contributed by atoms with Crippen LogP contribution in [0, 0.1) is 23.1 Å². The molecule has 8 heteroatoms. The van der Waals surface area contributed by atoms with E-state index >= 15 is 0 Å². The van der Waals surface area contributed by atoms with Crippen molar-refractivity contribution in [2.75, 3.05) is 0 Å². The Bertz CT molecular complexity index is 747. The number of halogens is 1. The molecule has 23 heavy (non-hydrogen) atoms. The van der Waals surface area contributed by atoms with Gasteiger partial charge in [-0.15, -0.1) is 0 Å². The number of nitrogens with one attached hydrogen (secondary N) is 1. The van der Waals surface area contributed by atoms with E-state index in [0.717, 1.165) is 12.1 Å². The number of carbonyl (C=O) groups excluding carboxylic acids is 1. The lowest BCUT2D eigenvalue weighted by atomic mass is 9.92. The normalized spacial score (nSPS) is 24.7. The second kappa shape index (κ2) is 6.64. The molecule has 1 N–H and O–H groups in total. The molecule has 0 aliphatic carbocycles. The summed E-state index contributed by atoms with van der Waals surface area (Å²) in [6.45, 7) is 3.62. The summed E-state index contributed by atoms with van der Waals surface area (Å²) in [6, 6.07) is 4.76. The standard InChI is InChI=1S/C15H17FN2O4S/c1-9-6-11(7-10(2)22-9)15(19)18-23(20,21)14-5-3-4-13(16)12(14)8-17/h3-5,9-11H,6-7H2,1-2H3,(H,18,19)/t9-,10-/m0/s1. The lowest BCUT2D eigenvalue weighted by Crippen LogP contribution is -2.41. The summed E-state index contributed by atoms with van der Waals surface area (Å²) in [6.07, 6.45) is 0.502. The Morgan fingerprint density at radius 2 is 1.96 bits per heavy atom. The first kappa shape index (κ1) is 17.4. The van der Waals surface area contributed by atoms with Gasteiger partial charge < -0.3 is 4.74 Å². The van der Waals surface area contributed by atoms with Gasteiger partial charge in [-0.05, 0) is 38.8 Å². The number of sulfonamides is 1. The van der Waals surface area contributed by atoms with Crippen molar-refractivity contribution in [3.63, 3.8) is 0 Å². The SMILES string of the molecule is C[C@H]1CC(C(=O)NS(=O)(=O)c2cccc(F)c2C#N)C[C@H](C)O1. The van der Waals surface area contributed by atoms with Crippen LogP contribution in [-0.2, 0) is 19.6 Å². The summed E-state index contributed by atoms with van der Waals surface area (Å²) >= 11 is 0. The monoisotopic (exact) mass is 340 g/mol. The first-order valence-electron chi connectivity index (χ1n) is 7.15. The third-order valence-electron chi connectivity index (χ3n) is 3.68. The van der Waals surface area contributed by atoms with Gasteiger partial charge in [0.15, 0.2) is 0 Å². The maximum absolute atomic E-state index is 13.6. The van der Waals surface area contributed by atoms with E-state index in [2.05, 4.69) is 0 Å². The Morgan fingerprint density at radius 1 is 1.35 bits per heavy atom. The highest BCUT2D eigenvalue weighted by Gasteiger charge is 2.32. The van der Waals surface area contributed by atoms with Gasteiger partial charge in [-0.1, -0.05) is 6.07 Å². The van der Waals surface area contributed by atoms with Gasteiger partial charge in [0.05, 0.1) is 12.2 Å². The molecule has 1 heterocycles. The topological polar surface area (TPSA) is 96.3 Å². The molecule has 0 radical (unpaired) electrons. The molecule has 1 aromatic carbocycles. The number of hydrogen-bond acceptors (Lipinski definition) is 5. The van der Waals surface area contributed by atoms with Gasteiger partial charge in [-0.25, -0.2) is 17.5 Å². The fraction of sp³-hybridized carbons (Fsp3) is 0.467. The van der Waals surface area contributed by atoms with Gasteiger partial charge in [0, 0.05) is 5.92 Å². The molecule has 0 saturated carbocycles. The van der Waals surface area contributed by atoms with E-state index < -0.39 is 38.1 Å². The highest BCUT2D eigenvalue weighted by Crippen LogP contribution is 2.26. The van der Waals surface area contributed by atoms with Gasteiger partial charge in [-0.2, -0.15) is 5.26 Å². The molecular formula is C15H17FN2O4S. The molecular weight excluding hydrogens is 323 g/mol. The fourth-order valence-electron chi connectivity index (χ4n) is 2.73. The van der Waals surface area contributed by atoms with Crippen molar-refractivity contribution in [2.45, 2.75) is 43.8 Å². The summed E-state index contributed by atoms with van der Waals surface area (Å²) in [5.74, 6) is -2.13. The van der Waals surface area contributed by atoms with E-state index in [-0.39, 0.29) is 12.2 Å². The van der Waals surface area contributed by atoms with E-state index in [1.54, 1.807) is 0 Å². The number of hydrogen-bond donors (Lipinski definition) is 1. The highest BCUT2D eigenvalue weighted by molar-refractivity contribution is 7.90. The van der Waals surface area contributed by atoms with Crippen molar-refractivity contribution in [1.82, 2.24) is 4.72 Å². The zero-order valence-electron chi connectivity index (χ0n) is 12.7. The van der Waals surface area contributed by atoms with Crippen molar-refractivity contribution in [1.29, 1.82) is 5.26 Å². The van der Waals surface area contributed by atoms with Crippen LogP contribution in [0.4, 0.5) is 4.39 Å². The highest BCUT2D eigenvalue weighted by atomic mass is 32.2. The Balaban J connectivity index is 2.24. The van der Waals surface area contributed by atoms with Crippen LogP contribution in [-0.4, -0.2) is 26.5 Å². The number of rotatable bonds is 3. The minimum absolute atomic E-state index is 0.152. The quantitative estimate of drug-likeness (QED) is 0.903. The second-order valence-electron chi connectivity index (χ2n) is 5.62. The molecule has 1 aromatic rings. The zero-order valence-corrected chi connectivity index (χ0v) is 13.6. The largest absolute Gasteiger partial charge is 0.376 e. The van der Waals surface area contributed by atoms with Crippen molar-refractivity contribution in [3.8, 4) is 6.07 Å². The molecule has 1 amide bonds. The maximum Gasteiger partial charge on any atom is 0.265 e. The maximum atomic E-state index is 13.6. The van der Waals surface area contributed by atoms with Crippen molar-refractivity contribution >= 4 is 15.9 Å². The van der Waals surface area contributed by atoms with E-state index in [9.17, 15) is 17.6 Å². The molecule has 2 atom stereocenters. The molecule has 1 aliphatic rings. The third-order valence-corrected chi connectivity index (χ3v) is 5.07. The van der Waals surface area contributed by atoms with E-state index in [1.807, 2.05) is 18.6 Å². The summed E-state index contributed by atoms with van der Waals surface area (Å²) < 4.78 is 45.6. The number of carbonyl (C=O) groups is 1. The molecule has 0 aromatic heterocycles. The lowest BCUT2D eigenvalue weighted by Gasteiger charge is -2.31. The van der Waals surface area contributed by atoms with Crippen LogP contribution in [0.2, 0.25) is 0 Å². The van der Waals surface area contributed by atoms with Crippen molar-refractivity contribution in [3.05, 3.63) is 29.6 Å². The van der Waals surface area contributed by atoms with Crippen molar-refractivity contribution in [2.24, 2.45) is 5.92 Å². The smallest absolute Gasteiger partial charge is 0.265 e. The molecule has 2 rings (SSSR count). The minimum Gasteiger partial charge on any atom is -0.376 e. The molecule has 124 valence electrons. The number of ether oxygens (including phenoxy) is 1. The minimum atomic E-state index is -4.31. The van der Waals surface area contributed by atoms with Crippen LogP contribution in [0.25, 0.3) is 0 Å². The molecule has 0 unspecified atom stereocenters. The van der Waals surface area contributed by atoms with Crippen LogP contribution in [0.1, 0.15) is 32.3 Å². The number of benzene rings is 1. The van der Waals surface area contributed by atoms with Crippen LogP contribution in [0.15, 0.2) is 23.1 Å². The van der Waals surface area contributed by atoms with Gasteiger partial charge in [0.2, 0.25) is 5.91 Å². The van der Waals surface area contributed by atoms with Gasteiger partial charge >= 0.3 is 0 Å². The summed E-state index contributed by atoms with van der Waals surface area (Å²) in [5.41, 5.74) is -0.610. The zero-order chi connectivity index (χ0) is 17.2. The molecule has 1 saturated heterocycles. The Hall–Kier alpha value is -1.98. The van der Waals surface area contributed by atoms with Crippen LogP contribution >= 0.6 is 0 Å². The third kappa shape index (κ3) is 3.86. The average Bonchev–Trinajstić information content (AvgIpc) is 2.45. The van der Waals surface area contributed by atoms with Crippen LogP contribution in [0.3, 0.4) is 0 Å². The van der Waals surface area contributed by atoms with E-state index in [0.29, 0.717) is 12.8 Å². The Labute approximate surface area is 134 Å². The molecule has 0 bridgehead atoms. The van der Waals surface area contributed by atoms with Gasteiger partial charge in [0.1, 0.15) is 22.3 Å². The molecule has 1 fully saturated rings. The number of nitrogens with zero attached hydrogens (tertiary/aromatic N) is 1. The van der Waals surface area contributed by atoms with Gasteiger partial charge in [-0.3, -0.25) is 4.79 Å². The van der Waals surface area contributed by atoms with Crippen LogP contribution in [0.5, 0.6) is 0 Å². The first-order chi connectivity index (χ1) is 10.7. The summed E-state index contributed by atoms with van der Waals surface area (Å²) in [7, 11) is -4.31. The average molecular weight is 340 g/mol. The van der Waals surface area contributed by atoms with E-state index in [1.165, 1.54) is 12.1 Å². The summed E-state index contributed by atoms with van der Waals surface area (Å²) in [4.78, 5) is 11.7. The predicted molar refractivity (Wildman–Crippen MR) is 79.2 cm³/mol. The van der Waals surface area contributed by atoms with E-state index in [4.69, 9.17) is 10.00 Å². The number of amides is 1. The van der Waals surface area contributed by atoms with Crippen LogP contribution < -0.4 is 4.72 Å². The second-order valence-corrected chi connectivity index (χ2v) is 7.27. The predicted octanol–water partition coefficient (Wildman–Crippen LogP) is 1.71. The molecule has 1 aliphatic heterocycles. The summed E-state index contributed by atoms with van der Waals surface area (Å²) in [5, 5.41) is 8.93. The number of nitriles is 1. The van der Waals surface area contributed by atoms with Crippen molar-refractivity contribution < 1.29 is 22.3 Å². The molecule has 6 nitrogen and oxygen atoms in total. The Morgan fingerprint density at radius 3 is 2.52 bits per heavy atom. The fourth-order valence-corrected chi connectivity index (χ4v) is 3.94. The Kier molecular flexibility index (Phi) is 5.02. The molecule has 0 spiro atoms. The first-order valence-corrected chi connectivity index (χ1v) is 8.63. The lowest BCUT2D eigenvalue weighted by molar-refractivity contribution is -0.131.